The van der Waals surface area contributed by atoms with Crippen LogP contribution in [-0.4, -0.2) is 6.54 Å². The van der Waals surface area contributed by atoms with Crippen molar-refractivity contribution in [2.24, 2.45) is 0 Å². The lowest BCUT2D eigenvalue weighted by Crippen LogP contribution is -2.02. The fourth-order valence-corrected chi connectivity index (χ4v) is 1.47. The summed E-state index contributed by atoms with van der Waals surface area (Å²) in [4.78, 5) is 0. The highest BCUT2D eigenvalue weighted by Crippen LogP contribution is 2.26. The first kappa shape index (κ1) is 11.0. The zero-order valence-corrected chi connectivity index (χ0v) is 9.36. The topological polar surface area (TPSA) is 35.8 Å². The maximum atomic E-state index is 13.5. The van der Waals surface area contributed by atoms with E-state index in [2.05, 4.69) is 21.2 Å². The van der Waals surface area contributed by atoms with E-state index in [4.69, 9.17) is 5.26 Å². The molecule has 0 atom stereocenters. The fourth-order valence-electron chi connectivity index (χ4n) is 1.03. The molecule has 0 amide bonds. The van der Waals surface area contributed by atoms with E-state index in [1.54, 1.807) is 12.1 Å². The summed E-state index contributed by atoms with van der Waals surface area (Å²) in [5, 5.41) is 11.6. The van der Waals surface area contributed by atoms with Crippen molar-refractivity contribution in [1.29, 1.82) is 5.26 Å². The Kier molecular flexibility index (Phi) is 3.90. The smallest absolute Gasteiger partial charge is 0.161 e. The van der Waals surface area contributed by atoms with E-state index in [1.165, 1.54) is 0 Å². The molecule has 74 valence electrons. The van der Waals surface area contributed by atoms with E-state index >= 15 is 0 Å². The SMILES string of the molecule is CCCNc1ccc(C#N)c(Br)c1F. The van der Waals surface area contributed by atoms with Gasteiger partial charge < -0.3 is 5.32 Å². The fraction of sp³-hybridized carbons (Fsp3) is 0.300. The van der Waals surface area contributed by atoms with E-state index in [0.29, 0.717) is 11.3 Å². The summed E-state index contributed by atoms with van der Waals surface area (Å²) in [6.07, 6.45) is 0.928. The second-order valence-electron chi connectivity index (χ2n) is 2.83. The van der Waals surface area contributed by atoms with Crippen LogP contribution in [0.3, 0.4) is 0 Å². The minimum Gasteiger partial charge on any atom is -0.383 e. The van der Waals surface area contributed by atoms with Crippen molar-refractivity contribution in [3.63, 3.8) is 0 Å². The molecule has 0 aliphatic heterocycles. The summed E-state index contributed by atoms with van der Waals surface area (Å²) in [5.41, 5.74) is 0.738. The minimum absolute atomic E-state index is 0.223. The van der Waals surface area contributed by atoms with Crippen molar-refractivity contribution >= 4 is 21.6 Å². The van der Waals surface area contributed by atoms with Gasteiger partial charge in [-0.15, -0.1) is 0 Å². The summed E-state index contributed by atoms with van der Waals surface area (Å²) in [6.45, 7) is 2.72. The second-order valence-corrected chi connectivity index (χ2v) is 3.62. The lowest BCUT2D eigenvalue weighted by atomic mass is 10.2. The normalized spacial score (nSPS) is 9.57. The third-order valence-corrected chi connectivity index (χ3v) is 2.54. The number of nitriles is 1. The molecule has 0 radical (unpaired) electrons. The van der Waals surface area contributed by atoms with Gasteiger partial charge in [0.15, 0.2) is 5.82 Å². The van der Waals surface area contributed by atoms with Gasteiger partial charge in [-0.1, -0.05) is 6.92 Å². The summed E-state index contributed by atoms with van der Waals surface area (Å²) in [6, 6.07) is 5.07. The molecule has 1 aromatic carbocycles. The number of hydrogen-bond donors (Lipinski definition) is 1. The molecule has 2 nitrogen and oxygen atoms in total. The molecule has 0 spiro atoms. The van der Waals surface area contributed by atoms with Crippen LogP contribution in [0, 0.1) is 17.1 Å². The van der Waals surface area contributed by atoms with Crippen LogP contribution in [0.15, 0.2) is 16.6 Å². The van der Waals surface area contributed by atoms with Crippen molar-refractivity contribution in [1.82, 2.24) is 0 Å². The molecule has 1 aromatic rings. The van der Waals surface area contributed by atoms with Gasteiger partial charge in [0.25, 0.3) is 0 Å². The predicted molar refractivity (Wildman–Crippen MR) is 57.6 cm³/mol. The van der Waals surface area contributed by atoms with Crippen LogP contribution in [0.5, 0.6) is 0 Å². The Hall–Kier alpha value is -1.08. The molecule has 1 rings (SSSR count). The van der Waals surface area contributed by atoms with Crippen LogP contribution in [0.1, 0.15) is 18.9 Å². The lowest BCUT2D eigenvalue weighted by molar-refractivity contribution is 0.622. The number of hydrogen-bond acceptors (Lipinski definition) is 2. The monoisotopic (exact) mass is 256 g/mol. The number of nitrogens with zero attached hydrogens (tertiary/aromatic N) is 1. The van der Waals surface area contributed by atoms with E-state index in [9.17, 15) is 4.39 Å². The molecule has 14 heavy (non-hydrogen) atoms. The highest BCUT2D eigenvalue weighted by Gasteiger charge is 2.09. The molecule has 1 N–H and O–H groups in total. The summed E-state index contributed by atoms with van der Waals surface area (Å²) >= 11 is 3.05. The van der Waals surface area contributed by atoms with Crippen molar-refractivity contribution in [2.75, 3.05) is 11.9 Å². The van der Waals surface area contributed by atoms with E-state index in [-0.39, 0.29) is 4.47 Å². The van der Waals surface area contributed by atoms with E-state index < -0.39 is 5.82 Å². The van der Waals surface area contributed by atoms with Crippen LogP contribution < -0.4 is 5.32 Å². The van der Waals surface area contributed by atoms with Crippen LogP contribution in [-0.2, 0) is 0 Å². The standard InChI is InChI=1S/C10H10BrFN2/c1-2-5-14-8-4-3-7(6-13)9(11)10(8)12/h3-4,14H,2,5H2,1H3. The number of halogens is 2. The first-order valence-electron chi connectivity index (χ1n) is 4.32. The van der Waals surface area contributed by atoms with Crippen molar-refractivity contribution in [3.8, 4) is 6.07 Å². The number of rotatable bonds is 3. The highest BCUT2D eigenvalue weighted by molar-refractivity contribution is 9.10. The molecular formula is C10H10BrFN2. The number of anilines is 1. The third kappa shape index (κ3) is 2.24. The Bertz CT molecular complexity index is 371. The molecule has 0 saturated carbocycles. The molecule has 0 aliphatic rings. The Labute approximate surface area is 90.9 Å². The highest BCUT2D eigenvalue weighted by atomic mass is 79.9. The minimum atomic E-state index is -0.405. The number of nitrogens with one attached hydrogen (secondary N) is 1. The lowest BCUT2D eigenvalue weighted by Gasteiger charge is -2.07. The van der Waals surface area contributed by atoms with Crippen molar-refractivity contribution < 1.29 is 4.39 Å². The zero-order valence-electron chi connectivity index (χ0n) is 7.77. The number of benzene rings is 1. The van der Waals surface area contributed by atoms with Crippen LogP contribution in [0.4, 0.5) is 10.1 Å². The zero-order chi connectivity index (χ0) is 10.6. The van der Waals surface area contributed by atoms with Crippen LogP contribution in [0.25, 0.3) is 0 Å². The van der Waals surface area contributed by atoms with Gasteiger partial charge in [0.2, 0.25) is 0 Å². The first-order valence-corrected chi connectivity index (χ1v) is 5.12. The quantitative estimate of drug-likeness (QED) is 0.901. The van der Waals surface area contributed by atoms with Gasteiger partial charge in [0, 0.05) is 6.54 Å². The van der Waals surface area contributed by atoms with E-state index in [0.717, 1.165) is 13.0 Å². The largest absolute Gasteiger partial charge is 0.383 e. The van der Waals surface area contributed by atoms with Crippen molar-refractivity contribution in [2.45, 2.75) is 13.3 Å². The molecular weight excluding hydrogens is 247 g/mol. The van der Waals surface area contributed by atoms with Gasteiger partial charge >= 0.3 is 0 Å². The molecule has 0 bridgehead atoms. The predicted octanol–water partition coefficient (Wildman–Crippen LogP) is 3.28. The van der Waals surface area contributed by atoms with Crippen LogP contribution in [0.2, 0.25) is 0 Å². The van der Waals surface area contributed by atoms with Gasteiger partial charge in [0.1, 0.15) is 6.07 Å². The molecule has 0 aromatic heterocycles. The van der Waals surface area contributed by atoms with Gasteiger partial charge in [-0.25, -0.2) is 4.39 Å². The Balaban J connectivity index is 3.00. The molecule has 0 heterocycles. The van der Waals surface area contributed by atoms with Gasteiger partial charge in [0.05, 0.1) is 15.7 Å². The average molecular weight is 257 g/mol. The molecule has 0 fully saturated rings. The third-order valence-electron chi connectivity index (χ3n) is 1.77. The summed E-state index contributed by atoms with van der Waals surface area (Å²) in [7, 11) is 0. The average Bonchev–Trinajstić information content (AvgIpc) is 2.20. The Morgan fingerprint density at radius 3 is 2.86 bits per heavy atom. The van der Waals surface area contributed by atoms with E-state index in [1.807, 2.05) is 13.0 Å². The first-order chi connectivity index (χ1) is 6.70. The summed E-state index contributed by atoms with van der Waals surface area (Å²) in [5.74, 6) is -0.405. The van der Waals surface area contributed by atoms with Gasteiger partial charge in [-0.2, -0.15) is 5.26 Å². The second kappa shape index (κ2) is 4.97. The molecule has 4 heteroatoms. The van der Waals surface area contributed by atoms with Crippen molar-refractivity contribution in [3.05, 3.63) is 28.0 Å². The molecule has 0 aliphatic carbocycles. The Morgan fingerprint density at radius 1 is 1.57 bits per heavy atom. The van der Waals surface area contributed by atoms with Gasteiger partial charge in [-0.05, 0) is 34.5 Å². The molecule has 0 saturated heterocycles. The Morgan fingerprint density at radius 2 is 2.29 bits per heavy atom. The van der Waals surface area contributed by atoms with Gasteiger partial charge in [-0.3, -0.25) is 0 Å². The summed E-state index contributed by atoms with van der Waals surface area (Å²) < 4.78 is 13.7. The van der Waals surface area contributed by atoms with Crippen LogP contribution >= 0.6 is 15.9 Å². The maximum Gasteiger partial charge on any atom is 0.161 e. The molecule has 0 unspecified atom stereocenters. The maximum absolute atomic E-state index is 13.5.